The lowest BCUT2D eigenvalue weighted by Crippen LogP contribution is -2.72. The minimum Gasteiger partial charge on any atom is -0.477 e. The van der Waals surface area contributed by atoms with Crippen LogP contribution in [-0.2, 0) is 19.2 Å². The molecule has 2 aliphatic rings. The second kappa shape index (κ2) is 8.03. The molecule has 0 aliphatic carbocycles. The number of β-lactam (4-membered cyclic amide) rings is 1. The Morgan fingerprint density at radius 2 is 2.28 bits per heavy atom. The van der Waals surface area contributed by atoms with Crippen molar-refractivity contribution in [1.82, 2.24) is 15.2 Å². The van der Waals surface area contributed by atoms with Crippen LogP contribution in [0.5, 0.6) is 0 Å². The molecule has 2 aliphatic heterocycles. The Balaban J connectivity index is 1.80. The first-order valence-corrected chi connectivity index (χ1v) is 9.68. The van der Waals surface area contributed by atoms with Crippen molar-refractivity contribution < 1.29 is 24.3 Å². The van der Waals surface area contributed by atoms with Crippen molar-refractivity contribution >= 4 is 40.0 Å². The number of aromatic nitrogens is 1. The Morgan fingerprint density at radius 1 is 1.55 bits per heavy atom. The van der Waals surface area contributed by atoms with Gasteiger partial charge in [0.15, 0.2) is 10.8 Å². The average molecular weight is 419 g/mol. The predicted molar refractivity (Wildman–Crippen MR) is 106 cm³/mol. The molecule has 4 N–H and O–H groups in total. The van der Waals surface area contributed by atoms with Crippen molar-refractivity contribution in [3.63, 3.8) is 0 Å². The maximum absolute atomic E-state index is 12.7. The van der Waals surface area contributed by atoms with Crippen molar-refractivity contribution in [1.29, 1.82) is 0 Å². The van der Waals surface area contributed by atoms with E-state index in [1.807, 2.05) is 0 Å². The van der Waals surface area contributed by atoms with Crippen LogP contribution in [0, 0.1) is 0 Å². The third-order valence-corrected chi connectivity index (χ3v) is 5.38. The first-order chi connectivity index (χ1) is 13.7. The van der Waals surface area contributed by atoms with Crippen LogP contribution in [0.4, 0.5) is 5.13 Å². The normalized spacial score (nSPS) is 21.4. The summed E-state index contributed by atoms with van der Waals surface area (Å²) in [4.78, 5) is 47.1. The molecule has 0 radical (unpaired) electrons. The second-order valence-electron chi connectivity index (χ2n) is 6.85. The van der Waals surface area contributed by atoms with Gasteiger partial charge in [-0.15, -0.1) is 11.3 Å². The predicted octanol–water partition coefficient (Wildman–Crippen LogP) is 0.870. The number of hydrogen-bond donors (Lipinski definition) is 3. The molecule has 0 bridgehead atoms. The number of allylic oxidation sites excluding steroid dienone is 2. The third kappa shape index (κ3) is 3.86. The van der Waals surface area contributed by atoms with Gasteiger partial charge in [0.25, 0.3) is 11.8 Å². The van der Waals surface area contributed by atoms with Crippen LogP contribution < -0.4 is 11.1 Å². The van der Waals surface area contributed by atoms with E-state index in [-0.39, 0.29) is 22.2 Å². The summed E-state index contributed by atoms with van der Waals surface area (Å²) in [7, 11) is 1.29. The zero-order valence-electron chi connectivity index (χ0n) is 16.0. The number of anilines is 1. The lowest BCUT2D eigenvalue weighted by molar-refractivity contribution is -0.155. The molecule has 3 heterocycles. The lowest BCUT2D eigenvalue weighted by atomic mass is 9.82. The number of nitrogen functional groups attached to an aromatic ring is 1. The van der Waals surface area contributed by atoms with Crippen LogP contribution in [0.15, 0.2) is 34.0 Å². The number of aliphatic carboxylic acids is 1. The number of fused-ring (bicyclic) bond motifs is 1. The van der Waals surface area contributed by atoms with E-state index in [1.54, 1.807) is 12.3 Å². The SMILES string of the molecule is C=C(C)CC1=C(C(=O)O)N2C(=O)C(NC(=O)C(=NOC)c3csc(N)n3)C2CC1. The number of carboxylic acid groups (broad SMARTS) is 1. The first kappa shape index (κ1) is 20.5. The molecular weight excluding hydrogens is 398 g/mol. The van der Waals surface area contributed by atoms with E-state index in [0.717, 1.165) is 16.9 Å². The van der Waals surface area contributed by atoms with Crippen LogP contribution in [0.3, 0.4) is 0 Å². The van der Waals surface area contributed by atoms with E-state index in [1.165, 1.54) is 12.0 Å². The van der Waals surface area contributed by atoms with Gasteiger partial charge in [0.1, 0.15) is 24.5 Å². The van der Waals surface area contributed by atoms with E-state index < -0.39 is 29.9 Å². The Hall–Kier alpha value is -3.21. The van der Waals surface area contributed by atoms with Crippen LogP contribution in [-0.4, -0.2) is 57.7 Å². The summed E-state index contributed by atoms with van der Waals surface area (Å²) < 4.78 is 0. The molecule has 29 heavy (non-hydrogen) atoms. The number of thiazole rings is 1. The topological polar surface area (TPSA) is 147 Å². The number of nitrogens with one attached hydrogen (secondary N) is 1. The number of hydrogen-bond acceptors (Lipinski definition) is 8. The fourth-order valence-corrected chi connectivity index (χ4v) is 4.13. The summed E-state index contributed by atoms with van der Waals surface area (Å²) in [6.45, 7) is 5.63. The summed E-state index contributed by atoms with van der Waals surface area (Å²) in [6, 6.07) is -1.28. The average Bonchev–Trinajstić information content (AvgIpc) is 3.08. The molecule has 10 nitrogen and oxygen atoms in total. The molecule has 0 aromatic carbocycles. The van der Waals surface area contributed by atoms with E-state index in [2.05, 4.69) is 22.0 Å². The molecule has 1 aromatic heterocycles. The van der Waals surface area contributed by atoms with Gasteiger partial charge in [-0.3, -0.25) is 14.5 Å². The van der Waals surface area contributed by atoms with E-state index in [4.69, 9.17) is 10.6 Å². The highest BCUT2D eigenvalue weighted by atomic mass is 32.1. The van der Waals surface area contributed by atoms with Gasteiger partial charge in [-0.25, -0.2) is 9.78 Å². The molecular formula is C18H21N5O5S. The van der Waals surface area contributed by atoms with Gasteiger partial charge >= 0.3 is 5.97 Å². The number of nitrogens with zero attached hydrogens (tertiary/aromatic N) is 3. The Bertz CT molecular complexity index is 950. The maximum atomic E-state index is 12.7. The number of nitrogens with two attached hydrogens (primary N) is 1. The standard InChI is InChI=1S/C18H21N5O5S/c1-8(2)6-9-4-5-11-13(16(25)23(11)14(9)17(26)27)21-15(24)12(22-28-3)10-7-29-18(19)20-10/h7,11,13H,1,4-6H2,2-3H3,(H2,19,20)(H,21,24)(H,26,27). The maximum Gasteiger partial charge on any atom is 0.352 e. The van der Waals surface area contributed by atoms with Crippen LogP contribution in [0.2, 0.25) is 0 Å². The highest BCUT2D eigenvalue weighted by Gasteiger charge is 2.53. The van der Waals surface area contributed by atoms with Gasteiger partial charge in [0, 0.05) is 5.38 Å². The van der Waals surface area contributed by atoms with E-state index in [0.29, 0.717) is 24.8 Å². The largest absolute Gasteiger partial charge is 0.477 e. The van der Waals surface area contributed by atoms with Gasteiger partial charge < -0.3 is 21.0 Å². The zero-order chi connectivity index (χ0) is 21.3. The molecule has 0 spiro atoms. The van der Waals surface area contributed by atoms with Crippen molar-refractivity contribution in [3.8, 4) is 0 Å². The zero-order valence-corrected chi connectivity index (χ0v) is 16.8. The fourth-order valence-electron chi connectivity index (χ4n) is 3.58. The smallest absolute Gasteiger partial charge is 0.352 e. The van der Waals surface area contributed by atoms with Gasteiger partial charge in [-0.1, -0.05) is 17.3 Å². The molecule has 3 rings (SSSR count). The van der Waals surface area contributed by atoms with Crippen molar-refractivity contribution in [3.05, 3.63) is 34.5 Å². The molecule has 0 saturated carbocycles. The number of oxime groups is 1. The third-order valence-electron chi connectivity index (χ3n) is 4.70. The minimum atomic E-state index is -1.16. The molecule has 2 unspecified atom stereocenters. The van der Waals surface area contributed by atoms with Crippen molar-refractivity contribution in [2.45, 2.75) is 38.3 Å². The second-order valence-corrected chi connectivity index (χ2v) is 7.74. The van der Waals surface area contributed by atoms with E-state index >= 15 is 0 Å². The lowest BCUT2D eigenvalue weighted by Gasteiger charge is -2.50. The quantitative estimate of drug-likeness (QED) is 0.257. The van der Waals surface area contributed by atoms with Gasteiger partial charge in [-0.05, 0) is 31.8 Å². The first-order valence-electron chi connectivity index (χ1n) is 8.80. The minimum absolute atomic E-state index is 0.0159. The Kier molecular flexibility index (Phi) is 5.69. The highest BCUT2D eigenvalue weighted by molar-refractivity contribution is 7.13. The molecule has 1 saturated heterocycles. The summed E-state index contributed by atoms with van der Waals surface area (Å²) in [6.07, 6.45) is 1.47. The summed E-state index contributed by atoms with van der Waals surface area (Å²) >= 11 is 1.14. The van der Waals surface area contributed by atoms with Gasteiger partial charge in [-0.2, -0.15) is 0 Å². The number of carbonyl (C=O) groups is 3. The van der Waals surface area contributed by atoms with Crippen LogP contribution in [0.1, 0.15) is 31.9 Å². The monoisotopic (exact) mass is 419 g/mol. The summed E-state index contributed by atoms with van der Waals surface area (Å²) in [5.74, 6) is -2.29. The summed E-state index contributed by atoms with van der Waals surface area (Å²) in [5, 5.41) is 17.7. The van der Waals surface area contributed by atoms with Crippen molar-refractivity contribution in [2.75, 3.05) is 12.8 Å². The Morgan fingerprint density at radius 3 is 2.83 bits per heavy atom. The molecule has 11 heteroatoms. The molecule has 1 aromatic rings. The van der Waals surface area contributed by atoms with Crippen LogP contribution in [0.25, 0.3) is 0 Å². The van der Waals surface area contributed by atoms with E-state index in [9.17, 15) is 19.5 Å². The van der Waals surface area contributed by atoms with Crippen molar-refractivity contribution in [2.24, 2.45) is 5.16 Å². The van der Waals surface area contributed by atoms with Gasteiger partial charge in [0.05, 0.1) is 6.04 Å². The number of rotatable bonds is 7. The fraction of sp³-hybridized carbons (Fsp3) is 0.389. The van der Waals surface area contributed by atoms with Crippen LogP contribution >= 0.6 is 11.3 Å². The van der Waals surface area contributed by atoms with Gasteiger partial charge in [0.2, 0.25) is 0 Å². The Labute approximate surface area is 170 Å². The molecule has 154 valence electrons. The molecule has 1 fully saturated rings. The number of carbonyl (C=O) groups excluding carboxylic acids is 2. The molecule has 2 atom stereocenters. The molecule has 2 amide bonds. The highest BCUT2D eigenvalue weighted by Crippen LogP contribution is 2.38. The number of carboxylic acids is 1. The number of amides is 2. The summed E-state index contributed by atoms with van der Waals surface area (Å²) in [5.41, 5.74) is 7.19.